The Bertz CT molecular complexity index is 1070. The van der Waals surface area contributed by atoms with E-state index in [-0.39, 0.29) is 16.9 Å². The fourth-order valence-corrected chi connectivity index (χ4v) is 3.36. The number of hydrogen-bond donors (Lipinski definition) is 1. The topological polar surface area (TPSA) is 64.6 Å². The third-order valence-electron chi connectivity index (χ3n) is 5.37. The first-order valence-electron chi connectivity index (χ1n) is 11.0. The second kappa shape index (κ2) is 10.5. The highest BCUT2D eigenvalue weighted by Gasteiger charge is 2.24. The number of allylic oxidation sites excluding steroid dienone is 3. The fourth-order valence-electron chi connectivity index (χ4n) is 3.36. The highest BCUT2D eigenvalue weighted by atomic mass is 16.5. The van der Waals surface area contributed by atoms with Gasteiger partial charge in [-0.05, 0) is 76.1 Å². The van der Waals surface area contributed by atoms with Gasteiger partial charge >= 0.3 is 0 Å². The van der Waals surface area contributed by atoms with Crippen LogP contribution in [0.25, 0.3) is 0 Å². The summed E-state index contributed by atoms with van der Waals surface area (Å²) in [6.45, 7) is 13.4. The van der Waals surface area contributed by atoms with E-state index in [0.29, 0.717) is 23.4 Å². The first kappa shape index (κ1) is 25.9. The van der Waals surface area contributed by atoms with E-state index in [1.807, 2.05) is 57.2 Å². The Morgan fingerprint density at radius 3 is 1.97 bits per heavy atom. The molecule has 0 saturated carbocycles. The first-order valence-corrected chi connectivity index (χ1v) is 11.0. The lowest BCUT2D eigenvalue weighted by Crippen LogP contribution is -2.41. The lowest BCUT2D eigenvalue weighted by molar-refractivity contribution is -0.119. The van der Waals surface area contributed by atoms with Crippen LogP contribution in [-0.4, -0.2) is 24.8 Å². The highest BCUT2D eigenvalue weighted by Crippen LogP contribution is 2.35. The Hall–Kier alpha value is -3.34. The number of carbonyl (C=O) groups excluding carboxylic acids is 2. The summed E-state index contributed by atoms with van der Waals surface area (Å²) < 4.78 is 11.4. The van der Waals surface area contributed by atoms with Gasteiger partial charge in [-0.25, -0.2) is 0 Å². The molecule has 0 aliphatic carbocycles. The van der Waals surface area contributed by atoms with Crippen LogP contribution in [0.3, 0.4) is 0 Å². The van der Waals surface area contributed by atoms with Gasteiger partial charge < -0.3 is 14.8 Å². The van der Waals surface area contributed by atoms with Crippen molar-refractivity contribution in [1.82, 2.24) is 5.32 Å². The van der Waals surface area contributed by atoms with Gasteiger partial charge in [0.25, 0.3) is 0 Å². The molecule has 0 radical (unpaired) electrons. The second-order valence-electron chi connectivity index (χ2n) is 9.64. The molecule has 0 aliphatic rings. The molecule has 33 heavy (non-hydrogen) atoms. The van der Waals surface area contributed by atoms with Crippen LogP contribution in [0.4, 0.5) is 0 Å². The van der Waals surface area contributed by atoms with Crippen molar-refractivity contribution >= 4 is 12.2 Å². The number of ether oxygens (including phenoxy) is 2. The number of benzene rings is 2. The van der Waals surface area contributed by atoms with Crippen LogP contribution in [0.2, 0.25) is 0 Å². The van der Waals surface area contributed by atoms with E-state index in [1.165, 1.54) is 0 Å². The van der Waals surface area contributed by atoms with E-state index in [1.54, 1.807) is 27.0 Å². The zero-order valence-electron chi connectivity index (χ0n) is 20.9. The van der Waals surface area contributed by atoms with E-state index >= 15 is 0 Å². The number of carbonyl (C=O) groups is 2. The number of nitrogens with one attached hydrogen (secondary N) is 1. The van der Waals surface area contributed by atoms with E-state index in [0.717, 1.165) is 16.9 Å². The number of hydrogen-bond acceptors (Lipinski definition) is 4. The van der Waals surface area contributed by atoms with Gasteiger partial charge in [0.1, 0.15) is 17.3 Å². The van der Waals surface area contributed by atoms with Crippen LogP contribution in [0.1, 0.15) is 59.6 Å². The molecule has 0 saturated heterocycles. The molecular formula is C28H35NO4. The molecule has 5 nitrogen and oxygen atoms in total. The summed E-state index contributed by atoms with van der Waals surface area (Å²) in [5.41, 5.74) is 2.15. The zero-order valence-corrected chi connectivity index (χ0v) is 20.9. The molecule has 0 aliphatic heterocycles. The van der Waals surface area contributed by atoms with Crippen molar-refractivity contribution in [3.05, 3.63) is 82.6 Å². The molecule has 2 aromatic rings. The average molecular weight is 450 g/mol. The maximum atomic E-state index is 12.4. The van der Waals surface area contributed by atoms with Gasteiger partial charge in [0.15, 0.2) is 6.29 Å². The van der Waals surface area contributed by atoms with E-state index < -0.39 is 5.54 Å². The van der Waals surface area contributed by atoms with E-state index in [2.05, 4.69) is 31.3 Å². The molecule has 0 fully saturated rings. The number of methoxy groups -OCH3 is 1. The van der Waals surface area contributed by atoms with Crippen LogP contribution < -0.4 is 14.8 Å². The Labute approximate surface area is 197 Å². The molecule has 0 atom stereocenters. The third kappa shape index (κ3) is 7.07. The predicted molar refractivity (Wildman–Crippen MR) is 133 cm³/mol. The molecule has 2 rings (SSSR count). The molecule has 176 valence electrons. The molecule has 0 unspecified atom stereocenters. The van der Waals surface area contributed by atoms with Crippen LogP contribution >= 0.6 is 0 Å². The molecule has 0 bridgehead atoms. The number of aldehydes is 1. The Morgan fingerprint density at radius 2 is 1.45 bits per heavy atom. The zero-order chi connectivity index (χ0) is 24.8. The molecule has 0 heterocycles. The van der Waals surface area contributed by atoms with Crippen molar-refractivity contribution in [2.24, 2.45) is 0 Å². The van der Waals surface area contributed by atoms with Gasteiger partial charge in [0.2, 0.25) is 5.91 Å². The first-order chi connectivity index (χ1) is 15.4. The summed E-state index contributed by atoms with van der Waals surface area (Å²) in [7, 11) is 1.66. The summed E-state index contributed by atoms with van der Waals surface area (Å²) in [5, 5.41) is 2.87. The molecule has 1 amide bonds. The van der Waals surface area contributed by atoms with Gasteiger partial charge in [0.05, 0.1) is 7.11 Å². The lowest BCUT2D eigenvalue weighted by atomic mass is 9.78. The Kier molecular flexibility index (Phi) is 8.26. The number of rotatable bonds is 8. The van der Waals surface area contributed by atoms with Crippen LogP contribution in [0.5, 0.6) is 11.5 Å². The molecular weight excluding hydrogens is 414 g/mol. The van der Waals surface area contributed by atoms with Crippen molar-refractivity contribution in [2.45, 2.75) is 59.4 Å². The SMILES string of the molecule is COc1cccc(C(C)(C)c2cccc(O/C(C)=C/C(C=O)=C(\C)C(=O)NC(C)(C)C)c2)c1. The van der Waals surface area contributed by atoms with Gasteiger partial charge in [-0.1, -0.05) is 38.1 Å². The second-order valence-corrected chi connectivity index (χ2v) is 9.64. The molecule has 0 spiro atoms. The van der Waals surface area contributed by atoms with E-state index in [4.69, 9.17) is 9.47 Å². The molecule has 2 aromatic carbocycles. The minimum Gasteiger partial charge on any atom is -0.497 e. The predicted octanol–water partition coefficient (Wildman–Crippen LogP) is 5.73. The number of amides is 1. The van der Waals surface area contributed by atoms with Crippen LogP contribution in [0.15, 0.2) is 71.5 Å². The summed E-state index contributed by atoms with van der Waals surface area (Å²) in [5.74, 6) is 1.69. The van der Waals surface area contributed by atoms with Gasteiger partial charge in [-0.15, -0.1) is 0 Å². The minimum absolute atomic E-state index is 0.277. The van der Waals surface area contributed by atoms with Crippen molar-refractivity contribution < 1.29 is 19.1 Å². The largest absolute Gasteiger partial charge is 0.497 e. The molecule has 1 N–H and O–H groups in total. The van der Waals surface area contributed by atoms with Gasteiger partial charge in [-0.3, -0.25) is 9.59 Å². The van der Waals surface area contributed by atoms with E-state index in [9.17, 15) is 9.59 Å². The van der Waals surface area contributed by atoms with Crippen LogP contribution in [-0.2, 0) is 15.0 Å². The summed E-state index contributed by atoms with van der Waals surface area (Å²) in [6, 6.07) is 15.9. The normalized spacial score (nSPS) is 13.2. The minimum atomic E-state index is -0.391. The fraction of sp³-hybridized carbons (Fsp3) is 0.357. The molecule has 5 heteroatoms. The summed E-state index contributed by atoms with van der Waals surface area (Å²) in [4.78, 5) is 24.1. The summed E-state index contributed by atoms with van der Waals surface area (Å²) >= 11 is 0. The van der Waals surface area contributed by atoms with Crippen LogP contribution in [0, 0.1) is 0 Å². The van der Waals surface area contributed by atoms with Crippen molar-refractivity contribution in [3.63, 3.8) is 0 Å². The monoisotopic (exact) mass is 449 g/mol. The molecule has 0 aromatic heterocycles. The van der Waals surface area contributed by atoms with Crippen molar-refractivity contribution in [1.29, 1.82) is 0 Å². The lowest BCUT2D eigenvalue weighted by Gasteiger charge is -2.27. The van der Waals surface area contributed by atoms with Gasteiger partial charge in [-0.2, -0.15) is 0 Å². The Morgan fingerprint density at radius 1 is 0.909 bits per heavy atom. The van der Waals surface area contributed by atoms with Crippen molar-refractivity contribution in [2.75, 3.05) is 7.11 Å². The summed E-state index contributed by atoms with van der Waals surface area (Å²) in [6.07, 6.45) is 2.26. The highest BCUT2D eigenvalue weighted by molar-refractivity contribution is 6.00. The standard InChI is InChI=1S/C28H35NO4/c1-19(15-21(18-30)20(2)26(31)29-27(3,4)5)33-25-14-10-12-23(17-25)28(6,7)22-11-9-13-24(16-22)32-8/h9-18H,1-8H3,(H,29,31)/b19-15+,21-20-. The maximum Gasteiger partial charge on any atom is 0.248 e. The average Bonchev–Trinajstić information content (AvgIpc) is 2.76. The van der Waals surface area contributed by atoms with Gasteiger partial charge in [0, 0.05) is 22.1 Å². The van der Waals surface area contributed by atoms with Crippen molar-refractivity contribution in [3.8, 4) is 11.5 Å². The Balaban J connectivity index is 2.30. The maximum absolute atomic E-state index is 12.4. The third-order valence-corrected chi connectivity index (χ3v) is 5.37. The quantitative estimate of drug-likeness (QED) is 0.242. The smallest absolute Gasteiger partial charge is 0.248 e.